The zero-order valence-electron chi connectivity index (χ0n) is 13.5. The predicted molar refractivity (Wildman–Crippen MR) is 99.8 cm³/mol. The number of nitrogens with zero attached hydrogens (tertiary/aromatic N) is 2. The lowest BCUT2D eigenvalue weighted by Gasteiger charge is -2.15. The molecule has 0 aliphatic rings. The maximum atomic E-state index is 13.1. The Kier molecular flexibility index (Phi) is 5.06. The van der Waals surface area contributed by atoms with Crippen LogP contribution in [0.4, 0.5) is 0 Å². The first-order valence-corrected chi connectivity index (χ1v) is 9.34. The average molecular weight is 371 g/mol. The highest BCUT2D eigenvalue weighted by atomic mass is 32.2. The number of fused-ring (bicyclic) bond motifs is 1. The molecule has 0 saturated heterocycles. The molecule has 0 bridgehead atoms. The number of thiophene rings is 1. The van der Waals surface area contributed by atoms with Crippen molar-refractivity contribution in [3.05, 3.63) is 58.7 Å². The summed E-state index contributed by atoms with van der Waals surface area (Å²) in [5.41, 5.74) is 1.58. The SMILES string of the molecule is C=CCn1c(S[C@@H](C)C(=O)[O-])nc2scc(-c3ccccc3)c2c1=O. The number of hydrogen-bond acceptors (Lipinski definition) is 6. The van der Waals surface area contributed by atoms with Crippen molar-refractivity contribution in [2.45, 2.75) is 23.9 Å². The van der Waals surface area contributed by atoms with Gasteiger partial charge in [0.2, 0.25) is 0 Å². The van der Waals surface area contributed by atoms with Gasteiger partial charge in [-0.3, -0.25) is 9.36 Å². The summed E-state index contributed by atoms with van der Waals surface area (Å²) in [4.78, 5) is 29.2. The Labute approximate surface area is 152 Å². The molecular formula is C18H15N2O3S2-. The first kappa shape index (κ1) is 17.4. The van der Waals surface area contributed by atoms with E-state index in [1.165, 1.54) is 22.8 Å². The molecule has 0 unspecified atom stereocenters. The maximum Gasteiger partial charge on any atom is 0.263 e. The molecular weight excluding hydrogens is 356 g/mol. The van der Waals surface area contributed by atoms with Gasteiger partial charge in [-0.15, -0.1) is 17.9 Å². The molecule has 7 heteroatoms. The smallest absolute Gasteiger partial charge is 0.263 e. The van der Waals surface area contributed by atoms with Crippen LogP contribution in [0.1, 0.15) is 6.92 Å². The fourth-order valence-electron chi connectivity index (χ4n) is 2.42. The van der Waals surface area contributed by atoms with E-state index in [-0.39, 0.29) is 12.1 Å². The minimum absolute atomic E-state index is 0.196. The zero-order valence-corrected chi connectivity index (χ0v) is 15.1. The molecule has 1 aromatic carbocycles. The normalized spacial score (nSPS) is 12.2. The van der Waals surface area contributed by atoms with Gasteiger partial charge in [-0.25, -0.2) is 4.98 Å². The Balaban J connectivity index is 2.21. The van der Waals surface area contributed by atoms with Crippen LogP contribution in [-0.4, -0.2) is 20.8 Å². The number of aliphatic carboxylic acids is 1. The van der Waals surface area contributed by atoms with Crippen molar-refractivity contribution < 1.29 is 9.90 Å². The van der Waals surface area contributed by atoms with E-state index in [2.05, 4.69) is 11.6 Å². The number of carboxylic acids is 1. The van der Waals surface area contributed by atoms with Gasteiger partial charge in [-0.2, -0.15) is 0 Å². The number of aromatic nitrogens is 2. The lowest BCUT2D eigenvalue weighted by atomic mass is 10.1. The van der Waals surface area contributed by atoms with Crippen LogP contribution in [0.5, 0.6) is 0 Å². The first-order valence-electron chi connectivity index (χ1n) is 7.58. The van der Waals surface area contributed by atoms with Crippen LogP contribution in [0.2, 0.25) is 0 Å². The fourth-order valence-corrected chi connectivity index (χ4v) is 4.26. The van der Waals surface area contributed by atoms with E-state index < -0.39 is 11.2 Å². The lowest BCUT2D eigenvalue weighted by Crippen LogP contribution is -2.32. The van der Waals surface area contributed by atoms with Crippen molar-refractivity contribution in [2.75, 3.05) is 0 Å². The molecule has 25 heavy (non-hydrogen) atoms. The summed E-state index contributed by atoms with van der Waals surface area (Å²) in [6.45, 7) is 5.45. The van der Waals surface area contributed by atoms with Crippen molar-refractivity contribution in [2.24, 2.45) is 0 Å². The molecule has 1 atom stereocenters. The monoisotopic (exact) mass is 371 g/mol. The van der Waals surface area contributed by atoms with Gasteiger partial charge in [-0.1, -0.05) is 48.2 Å². The average Bonchev–Trinajstić information content (AvgIpc) is 3.03. The minimum atomic E-state index is -1.19. The highest BCUT2D eigenvalue weighted by molar-refractivity contribution is 8.00. The van der Waals surface area contributed by atoms with Crippen LogP contribution in [0.15, 0.2) is 58.3 Å². The summed E-state index contributed by atoms with van der Waals surface area (Å²) >= 11 is 2.37. The van der Waals surface area contributed by atoms with E-state index in [1.54, 1.807) is 6.08 Å². The number of carboxylic acid groups (broad SMARTS) is 1. The van der Waals surface area contributed by atoms with Crippen molar-refractivity contribution >= 4 is 39.3 Å². The molecule has 0 radical (unpaired) electrons. The van der Waals surface area contributed by atoms with Crippen LogP contribution in [-0.2, 0) is 11.3 Å². The van der Waals surface area contributed by atoms with E-state index in [4.69, 9.17) is 0 Å². The van der Waals surface area contributed by atoms with Crippen LogP contribution < -0.4 is 10.7 Å². The van der Waals surface area contributed by atoms with Crippen molar-refractivity contribution in [1.29, 1.82) is 0 Å². The van der Waals surface area contributed by atoms with E-state index in [0.29, 0.717) is 15.4 Å². The highest BCUT2D eigenvalue weighted by Gasteiger charge is 2.18. The third-order valence-electron chi connectivity index (χ3n) is 3.67. The Morgan fingerprint density at radius 2 is 2.16 bits per heavy atom. The summed E-state index contributed by atoms with van der Waals surface area (Å²) in [7, 11) is 0. The fraction of sp³-hybridized carbons (Fsp3) is 0.167. The second-order valence-corrected chi connectivity index (χ2v) is 7.54. The summed E-state index contributed by atoms with van der Waals surface area (Å²) in [6.07, 6.45) is 1.59. The van der Waals surface area contributed by atoms with Crippen LogP contribution in [0.25, 0.3) is 21.3 Å². The molecule has 3 aromatic rings. The number of carbonyl (C=O) groups excluding carboxylic acids is 1. The summed E-state index contributed by atoms with van der Waals surface area (Å²) < 4.78 is 1.46. The standard InChI is InChI=1S/C18H16N2O3S2/c1-3-9-20-16(21)14-13(12-7-5-4-6-8-12)10-24-15(14)19-18(20)25-11(2)17(22)23/h3-8,10-11H,1,9H2,2H3,(H,22,23)/p-1/t11-/m0/s1. The number of rotatable bonds is 6. The largest absolute Gasteiger partial charge is 0.549 e. The van der Waals surface area contributed by atoms with Gasteiger partial charge >= 0.3 is 0 Å². The quantitative estimate of drug-likeness (QED) is 0.378. The van der Waals surface area contributed by atoms with Crippen molar-refractivity contribution in [3.8, 4) is 11.1 Å². The molecule has 3 rings (SSSR count). The molecule has 128 valence electrons. The molecule has 0 amide bonds. The Morgan fingerprint density at radius 1 is 1.44 bits per heavy atom. The molecule has 5 nitrogen and oxygen atoms in total. The van der Waals surface area contributed by atoms with Gasteiger partial charge < -0.3 is 9.90 Å². The summed E-state index contributed by atoms with van der Waals surface area (Å²) in [6, 6.07) is 9.64. The first-order chi connectivity index (χ1) is 12.0. The highest BCUT2D eigenvalue weighted by Crippen LogP contribution is 2.32. The summed E-state index contributed by atoms with van der Waals surface area (Å²) in [5.74, 6) is -1.19. The minimum Gasteiger partial charge on any atom is -0.549 e. The predicted octanol–water partition coefficient (Wildman–Crippen LogP) is 2.54. The maximum absolute atomic E-state index is 13.1. The molecule has 2 aromatic heterocycles. The number of hydrogen-bond donors (Lipinski definition) is 0. The number of benzene rings is 1. The molecule has 0 spiro atoms. The Hall–Kier alpha value is -2.38. The second kappa shape index (κ2) is 7.25. The van der Waals surface area contributed by atoms with Gasteiger partial charge in [0.15, 0.2) is 5.16 Å². The second-order valence-electron chi connectivity index (χ2n) is 5.37. The topological polar surface area (TPSA) is 75.0 Å². The molecule has 0 aliphatic carbocycles. The van der Waals surface area contributed by atoms with E-state index in [9.17, 15) is 14.7 Å². The number of thioether (sulfide) groups is 1. The van der Waals surface area contributed by atoms with Gasteiger partial charge in [0.25, 0.3) is 5.56 Å². The van der Waals surface area contributed by atoms with Crippen molar-refractivity contribution in [1.82, 2.24) is 9.55 Å². The zero-order chi connectivity index (χ0) is 18.0. The molecule has 0 saturated carbocycles. The van der Waals surface area contributed by atoms with Gasteiger partial charge in [0.1, 0.15) is 4.83 Å². The lowest BCUT2D eigenvalue weighted by molar-refractivity contribution is -0.304. The third-order valence-corrected chi connectivity index (χ3v) is 5.61. The van der Waals surface area contributed by atoms with Gasteiger partial charge in [0.05, 0.1) is 11.4 Å². The van der Waals surface area contributed by atoms with Crippen LogP contribution in [0, 0.1) is 0 Å². The van der Waals surface area contributed by atoms with Crippen molar-refractivity contribution in [3.63, 3.8) is 0 Å². The molecule has 0 aliphatic heterocycles. The Bertz CT molecular complexity index is 993. The van der Waals surface area contributed by atoms with Gasteiger partial charge in [0, 0.05) is 22.7 Å². The third kappa shape index (κ3) is 3.38. The van der Waals surface area contributed by atoms with Gasteiger partial charge in [-0.05, 0) is 12.5 Å². The molecule has 2 heterocycles. The molecule has 0 fully saturated rings. The van der Waals surface area contributed by atoms with Crippen LogP contribution >= 0.6 is 23.1 Å². The summed E-state index contributed by atoms with van der Waals surface area (Å²) in [5, 5.41) is 13.0. The van der Waals surface area contributed by atoms with E-state index in [1.807, 2.05) is 35.7 Å². The van der Waals surface area contributed by atoms with E-state index in [0.717, 1.165) is 22.9 Å². The Morgan fingerprint density at radius 3 is 2.80 bits per heavy atom. The number of allylic oxidation sites excluding steroid dienone is 1. The number of carbonyl (C=O) groups is 1. The van der Waals surface area contributed by atoms with E-state index >= 15 is 0 Å². The molecule has 0 N–H and O–H groups in total. The van der Waals surface area contributed by atoms with Crippen LogP contribution in [0.3, 0.4) is 0 Å².